The smallest absolute Gasteiger partial charge is 0.251 e. The Hall–Kier alpha value is -1.83. The summed E-state index contributed by atoms with van der Waals surface area (Å²) in [7, 11) is 0. The zero-order chi connectivity index (χ0) is 11.4. The zero-order valence-electron chi connectivity index (χ0n) is 9.36. The largest absolute Gasteiger partial charge is 0.352 e. The normalized spacial score (nSPS) is 10.3. The van der Waals surface area contributed by atoms with Crippen LogP contribution in [0.3, 0.4) is 0 Å². The van der Waals surface area contributed by atoms with Crippen molar-refractivity contribution in [2.45, 2.75) is 13.3 Å². The van der Waals surface area contributed by atoms with E-state index in [9.17, 15) is 4.79 Å². The molecule has 0 aliphatic carbocycles. The van der Waals surface area contributed by atoms with Crippen molar-refractivity contribution in [1.82, 2.24) is 5.32 Å². The van der Waals surface area contributed by atoms with Crippen molar-refractivity contribution in [3.05, 3.63) is 48.0 Å². The van der Waals surface area contributed by atoms with Gasteiger partial charge in [-0.05, 0) is 29.3 Å². The standard InChI is InChI=1S/C14H15NO/c1-2-9-15-14(16)13-8-7-11-5-3-4-6-12(11)10-13/h3-8,10H,2,9H2,1H3,(H,15,16). The fraction of sp³-hybridized carbons (Fsp3) is 0.214. The summed E-state index contributed by atoms with van der Waals surface area (Å²) in [6.07, 6.45) is 0.958. The summed E-state index contributed by atoms with van der Waals surface area (Å²) >= 11 is 0. The molecule has 0 aliphatic heterocycles. The van der Waals surface area contributed by atoms with Gasteiger partial charge in [-0.15, -0.1) is 0 Å². The van der Waals surface area contributed by atoms with Crippen LogP contribution in [0.4, 0.5) is 0 Å². The van der Waals surface area contributed by atoms with Gasteiger partial charge in [0.1, 0.15) is 0 Å². The second-order valence-corrected chi connectivity index (χ2v) is 3.82. The topological polar surface area (TPSA) is 29.1 Å². The monoisotopic (exact) mass is 213 g/mol. The number of carbonyl (C=O) groups is 1. The predicted octanol–water partition coefficient (Wildman–Crippen LogP) is 2.98. The molecule has 0 fully saturated rings. The van der Waals surface area contributed by atoms with Gasteiger partial charge in [0, 0.05) is 12.1 Å². The highest BCUT2D eigenvalue weighted by Gasteiger charge is 2.04. The van der Waals surface area contributed by atoms with E-state index < -0.39 is 0 Å². The molecule has 1 N–H and O–H groups in total. The lowest BCUT2D eigenvalue weighted by Gasteiger charge is -2.04. The lowest BCUT2D eigenvalue weighted by molar-refractivity contribution is 0.0954. The molecule has 16 heavy (non-hydrogen) atoms. The Morgan fingerprint density at radius 3 is 2.62 bits per heavy atom. The van der Waals surface area contributed by atoms with Crippen LogP contribution in [0.5, 0.6) is 0 Å². The molecular weight excluding hydrogens is 198 g/mol. The summed E-state index contributed by atoms with van der Waals surface area (Å²) in [4.78, 5) is 11.7. The van der Waals surface area contributed by atoms with Gasteiger partial charge in [0.05, 0.1) is 0 Å². The first-order chi connectivity index (χ1) is 7.81. The van der Waals surface area contributed by atoms with Crippen LogP contribution in [0.1, 0.15) is 23.7 Å². The van der Waals surface area contributed by atoms with Crippen molar-refractivity contribution in [3.63, 3.8) is 0 Å². The molecule has 0 aromatic heterocycles. The molecule has 2 aromatic carbocycles. The molecule has 0 spiro atoms. The van der Waals surface area contributed by atoms with Crippen LogP contribution in [-0.4, -0.2) is 12.5 Å². The lowest BCUT2D eigenvalue weighted by Crippen LogP contribution is -2.23. The van der Waals surface area contributed by atoms with Gasteiger partial charge >= 0.3 is 0 Å². The van der Waals surface area contributed by atoms with Crippen molar-refractivity contribution in [2.75, 3.05) is 6.54 Å². The third-order valence-electron chi connectivity index (χ3n) is 2.55. The maximum Gasteiger partial charge on any atom is 0.251 e. The molecule has 2 heteroatoms. The minimum Gasteiger partial charge on any atom is -0.352 e. The maximum absolute atomic E-state index is 11.7. The molecule has 0 radical (unpaired) electrons. The van der Waals surface area contributed by atoms with E-state index in [4.69, 9.17) is 0 Å². The van der Waals surface area contributed by atoms with E-state index in [0.717, 1.165) is 29.3 Å². The van der Waals surface area contributed by atoms with E-state index in [2.05, 4.69) is 5.32 Å². The van der Waals surface area contributed by atoms with E-state index in [1.54, 1.807) is 0 Å². The van der Waals surface area contributed by atoms with Crippen LogP contribution in [0.2, 0.25) is 0 Å². The van der Waals surface area contributed by atoms with Crippen LogP contribution in [0, 0.1) is 0 Å². The average Bonchev–Trinajstić information content (AvgIpc) is 2.35. The van der Waals surface area contributed by atoms with E-state index in [0.29, 0.717) is 0 Å². The van der Waals surface area contributed by atoms with E-state index in [-0.39, 0.29) is 5.91 Å². The van der Waals surface area contributed by atoms with Gasteiger partial charge in [0.2, 0.25) is 0 Å². The van der Waals surface area contributed by atoms with E-state index in [1.165, 1.54) is 0 Å². The van der Waals surface area contributed by atoms with Gasteiger partial charge in [-0.25, -0.2) is 0 Å². The molecule has 2 nitrogen and oxygen atoms in total. The molecule has 0 heterocycles. The van der Waals surface area contributed by atoms with Gasteiger partial charge in [0.15, 0.2) is 0 Å². The highest BCUT2D eigenvalue weighted by molar-refractivity contribution is 5.98. The molecule has 0 atom stereocenters. The number of nitrogens with one attached hydrogen (secondary N) is 1. The summed E-state index contributed by atoms with van der Waals surface area (Å²) in [5.74, 6) is 0.00704. The summed E-state index contributed by atoms with van der Waals surface area (Å²) in [5, 5.41) is 5.14. The number of fused-ring (bicyclic) bond motifs is 1. The summed E-state index contributed by atoms with van der Waals surface area (Å²) in [6, 6.07) is 13.8. The Kier molecular flexibility index (Phi) is 3.20. The Labute approximate surface area is 95.3 Å². The first kappa shape index (κ1) is 10.7. The van der Waals surface area contributed by atoms with Crippen molar-refractivity contribution < 1.29 is 4.79 Å². The van der Waals surface area contributed by atoms with Crippen molar-refractivity contribution >= 4 is 16.7 Å². The summed E-state index contributed by atoms with van der Waals surface area (Å²) in [6.45, 7) is 2.77. The average molecular weight is 213 g/mol. The zero-order valence-corrected chi connectivity index (χ0v) is 9.36. The molecular formula is C14H15NO. The Balaban J connectivity index is 2.28. The number of hydrogen-bond acceptors (Lipinski definition) is 1. The quantitative estimate of drug-likeness (QED) is 0.834. The number of amides is 1. The SMILES string of the molecule is CCCNC(=O)c1ccc2ccccc2c1. The Morgan fingerprint density at radius 1 is 1.12 bits per heavy atom. The first-order valence-electron chi connectivity index (χ1n) is 5.58. The highest BCUT2D eigenvalue weighted by atomic mass is 16.1. The number of rotatable bonds is 3. The van der Waals surface area contributed by atoms with Crippen molar-refractivity contribution in [2.24, 2.45) is 0 Å². The van der Waals surface area contributed by atoms with E-state index >= 15 is 0 Å². The third-order valence-corrected chi connectivity index (χ3v) is 2.55. The number of hydrogen-bond donors (Lipinski definition) is 1. The maximum atomic E-state index is 11.7. The molecule has 0 saturated heterocycles. The third kappa shape index (κ3) is 2.22. The van der Waals surface area contributed by atoms with Crippen LogP contribution >= 0.6 is 0 Å². The predicted molar refractivity (Wildman–Crippen MR) is 66.6 cm³/mol. The molecule has 0 saturated carbocycles. The molecule has 2 aromatic rings. The summed E-state index contributed by atoms with van der Waals surface area (Å²) in [5.41, 5.74) is 0.729. The molecule has 0 bridgehead atoms. The van der Waals surface area contributed by atoms with Gasteiger partial charge in [-0.3, -0.25) is 4.79 Å². The van der Waals surface area contributed by atoms with Crippen LogP contribution in [0.25, 0.3) is 10.8 Å². The van der Waals surface area contributed by atoms with Crippen LogP contribution < -0.4 is 5.32 Å². The van der Waals surface area contributed by atoms with Crippen molar-refractivity contribution in [3.8, 4) is 0 Å². The minimum absolute atomic E-state index is 0.00704. The number of carbonyl (C=O) groups excluding carboxylic acids is 1. The van der Waals surface area contributed by atoms with Crippen LogP contribution in [-0.2, 0) is 0 Å². The molecule has 1 amide bonds. The van der Waals surface area contributed by atoms with Gasteiger partial charge in [-0.1, -0.05) is 37.3 Å². The van der Waals surface area contributed by atoms with E-state index in [1.807, 2.05) is 49.4 Å². The second-order valence-electron chi connectivity index (χ2n) is 3.82. The highest BCUT2D eigenvalue weighted by Crippen LogP contribution is 2.15. The van der Waals surface area contributed by atoms with Crippen molar-refractivity contribution in [1.29, 1.82) is 0 Å². The van der Waals surface area contributed by atoms with Gasteiger partial charge < -0.3 is 5.32 Å². The van der Waals surface area contributed by atoms with Gasteiger partial charge in [-0.2, -0.15) is 0 Å². The lowest BCUT2D eigenvalue weighted by atomic mass is 10.1. The minimum atomic E-state index is 0.00704. The van der Waals surface area contributed by atoms with Gasteiger partial charge in [0.25, 0.3) is 5.91 Å². The fourth-order valence-electron chi connectivity index (χ4n) is 1.67. The van der Waals surface area contributed by atoms with Crippen LogP contribution in [0.15, 0.2) is 42.5 Å². The number of benzene rings is 2. The Morgan fingerprint density at radius 2 is 1.88 bits per heavy atom. The molecule has 82 valence electrons. The second kappa shape index (κ2) is 4.79. The molecule has 0 aliphatic rings. The molecule has 2 rings (SSSR count). The Bertz CT molecular complexity index is 505. The summed E-state index contributed by atoms with van der Waals surface area (Å²) < 4.78 is 0. The fourth-order valence-corrected chi connectivity index (χ4v) is 1.67. The first-order valence-corrected chi connectivity index (χ1v) is 5.58. The molecule has 0 unspecified atom stereocenters.